The number of aliphatic carboxylic acids is 1. The number of H-pyrrole nitrogens is 1. The van der Waals surface area contributed by atoms with Gasteiger partial charge in [-0.1, -0.05) is 26.0 Å². The minimum absolute atomic E-state index is 0.159. The molecule has 4 N–H and O–H groups in total. The maximum Gasteiger partial charge on any atom is 0.328 e. The zero-order chi connectivity index (χ0) is 23.5. The van der Waals surface area contributed by atoms with Crippen LogP contribution in [-0.2, 0) is 9.59 Å². The number of benzene rings is 1. The van der Waals surface area contributed by atoms with Crippen molar-refractivity contribution in [3.05, 3.63) is 47.3 Å². The standard InChI is InChI=1S/C24H32N4O4/c1-14(2)19-13-20(28-27-19)22(30)25-18-11-9-16(10-12-18)15-5-7-17(8-6-15)21(29)26-24(3,4)23(31)32/h9-15,17H,5-8H2,1-4H3,(H,25,30)(H,26,29)(H,27,28)(H,31,32)/t15-,17-. The molecule has 1 aromatic carbocycles. The van der Waals surface area contributed by atoms with Crippen LogP contribution < -0.4 is 10.6 Å². The Balaban J connectivity index is 1.53. The molecule has 3 rings (SSSR count). The number of amides is 2. The van der Waals surface area contributed by atoms with E-state index in [-0.39, 0.29) is 23.7 Å². The van der Waals surface area contributed by atoms with Gasteiger partial charge < -0.3 is 15.7 Å². The average molecular weight is 441 g/mol. The van der Waals surface area contributed by atoms with Gasteiger partial charge >= 0.3 is 5.97 Å². The van der Waals surface area contributed by atoms with Crippen molar-refractivity contribution in [1.82, 2.24) is 15.5 Å². The van der Waals surface area contributed by atoms with Gasteiger partial charge in [0.15, 0.2) is 0 Å². The summed E-state index contributed by atoms with van der Waals surface area (Å²) >= 11 is 0. The Hall–Kier alpha value is -3.16. The Morgan fingerprint density at radius 2 is 1.72 bits per heavy atom. The highest BCUT2D eigenvalue weighted by Crippen LogP contribution is 2.36. The fourth-order valence-electron chi connectivity index (χ4n) is 3.94. The lowest BCUT2D eigenvalue weighted by molar-refractivity contribution is -0.146. The van der Waals surface area contributed by atoms with E-state index in [9.17, 15) is 19.5 Å². The van der Waals surface area contributed by atoms with Gasteiger partial charge in [-0.05, 0) is 75.1 Å². The fourth-order valence-corrected chi connectivity index (χ4v) is 3.94. The van der Waals surface area contributed by atoms with E-state index in [4.69, 9.17) is 0 Å². The van der Waals surface area contributed by atoms with Crippen molar-refractivity contribution in [2.24, 2.45) is 5.92 Å². The first kappa shape index (κ1) is 23.5. The van der Waals surface area contributed by atoms with Crippen LogP contribution in [0.2, 0.25) is 0 Å². The molecule has 1 aromatic heterocycles. The van der Waals surface area contributed by atoms with E-state index < -0.39 is 11.5 Å². The maximum atomic E-state index is 12.4. The zero-order valence-corrected chi connectivity index (χ0v) is 19.1. The van der Waals surface area contributed by atoms with Crippen LogP contribution in [0.4, 0.5) is 5.69 Å². The highest BCUT2D eigenvalue weighted by molar-refractivity contribution is 6.02. The number of carbonyl (C=O) groups excluding carboxylic acids is 2. The lowest BCUT2D eigenvalue weighted by Gasteiger charge is -2.30. The molecule has 0 radical (unpaired) electrons. The molecule has 0 atom stereocenters. The van der Waals surface area contributed by atoms with E-state index in [1.807, 2.05) is 38.1 Å². The number of rotatable bonds is 7. The second kappa shape index (κ2) is 9.54. The van der Waals surface area contributed by atoms with Gasteiger partial charge in [-0.3, -0.25) is 14.7 Å². The molecular weight excluding hydrogens is 408 g/mol. The van der Waals surface area contributed by atoms with Gasteiger partial charge in [-0.2, -0.15) is 5.10 Å². The Morgan fingerprint density at radius 1 is 1.09 bits per heavy atom. The van der Waals surface area contributed by atoms with E-state index in [0.29, 0.717) is 17.3 Å². The molecule has 1 heterocycles. The highest BCUT2D eigenvalue weighted by Gasteiger charge is 2.33. The minimum atomic E-state index is -1.26. The smallest absolute Gasteiger partial charge is 0.328 e. The highest BCUT2D eigenvalue weighted by atomic mass is 16.4. The lowest BCUT2D eigenvalue weighted by Crippen LogP contribution is -2.51. The Morgan fingerprint density at radius 3 is 2.25 bits per heavy atom. The fraction of sp³-hybridized carbons (Fsp3) is 0.500. The molecule has 32 heavy (non-hydrogen) atoms. The summed E-state index contributed by atoms with van der Waals surface area (Å²) < 4.78 is 0. The summed E-state index contributed by atoms with van der Waals surface area (Å²) in [6.07, 6.45) is 3.18. The number of nitrogens with zero attached hydrogens (tertiary/aromatic N) is 1. The molecule has 1 aliphatic rings. The van der Waals surface area contributed by atoms with E-state index in [1.165, 1.54) is 19.4 Å². The summed E-state index contributed by atoms with van der Waals surface area (Å²) in [6.45, 7) is 7.03. The normalized spacial score (nSPS) is 18.9. The predicted molar refractivity (Wildman–Crippen MR) is 122 cm³/mol. The number of carboxylic acid groups (broad SMARTS) is 1. The van der Waals surface area contributed by atoms with Gasteiger partial charge in [0.05, 0.1) is 5.69 Å². The first-order chi connectivity index (χ1) is 15.1. The van der Waals surface area contributed by atoms with Gasteiger partial charge in [0, 0.05) is 11.6 Å². The average Bonchev–Trinajstić information content (AvgIpc) is 3.25. The van der Waals surface area contributed by atoms with Crippen molar-refractivity contribution in [2.75, 3.05) is 5.32 Å². The first-order valence-corrected chi connectivity index (χ1v) is 11.1. The molecule has 1 aliphatic carbocycles. The molecular formula is C24H32N4O4. The third-order valence-electron chi connectivity index (χ3n) is 6.14. The molecule has 172 valence electrons. The number of nitrogens with one attached hydrogen (secondary N) is 3. The van der Waals surface area contributed by atoms with Crippen molar-refractivity contribution in [2.45, 2.75) is 70.8 Å². The number of aromatic nitrogens is 2. The topological polar surface area (TPSA) is 124 Å². The molecule has 0 aliphatic heterocycles. The number of hydrogen-bond donors (Lipinski definition) is 4. The van der Waals surface area contributed by atoms with Gasteiger partial charge in [0.25, 0.3) is 5.91 Å². The quantitative estimate of drug-likeness (QED) is 0.517. The van der Waals surface area contributed by atoms with Crippen LogP contribution >= 0.6 is 0 Å². The van der Waals surface area contributed by atoms with Crippen molar-refractivity contribution < 1.29 is 19.5 Å². The molecule has 1 saturated carbocycles. The number of anilines is 1. The van der Waals surface area contributed by atoms with Crippen molar-refractivity contribution >= 4 is 23.5 Å². The summed E-state index contributed by atoms with van der Waals surface area (Å²) in [5.74, 6) is -1.02. The SMILES string of the molecule is CC(C)c1cc(C(=O)Nc2ccc([C@H]3CC[C@H](C(=O)NC(C)(C)C(=O)O)CC3)cc2)[nH]n1. The second-order valence-corrected chi connectivity index (χ2v) is 9.41. The molecule has 0 unspecified atom stereocenters. The third kappa shape index (κ3) is 5.55. The number of carboxylic acids is 1. The Labute approximate surface area is 188 Å². The third-order valence-corrected chi connectivity index (χ3v) is 6.14. The summed E-state index contributed by atoms with van der Waals surface area (Å²) in [7, 11) is 0. The van der Waals surface area contributed by atoms with Crippen LogP contribution in [0.5, 0.6) is 0 Å². The number of aromatic amines is 1. The lowest BCUT2D eigenvalue weighted by atomic mass is 9.78. The largest absolute Gasteiger partial charge is 0.480 e. The molecule has 0 saturated heterocycles. The van der Waals surface area contributed by atoms with Crippen LogP contribution in [0, 0.1) is 5.92 Å². The molecule has 2 aromatic rings. The second-order valence-electron chi connectivity index (χ2n) is 9.41. The van der Waals surface area contributed by atoms with Crippen LogP contribution in [0.3, 0.4) is 0 Å². The molecule has 2 amide bonds. The van der Waals surface area contributed by atoms with E-state index >= 15 is 0 Å². The van der Waals surface area contributed by atoms with Gasteiger partial charge in [0.1, 0.15) is 11.2 Å². The molecule has 0 bridgehead atoms. The van der Waals surface area contributed by atoms with E-state index in [1.54, 1.807) is 6.07 Å². The molecule has 1 fully saturated rings. The number of carbonyl (C=O) groups is 3. The zero-order valence-electron chi connectivity index (χ0n) is 19.1. The summed E-state index contributed by atoms with van der Waals surface area (Å²) in [5.41, 5.74) is 1.90. The maximum absolute atomic E-state index is 12.4. The molecule has 0 spiro atoms. The van der Waals surface area contributed by atoms with Gasteiger partial charge in [-0.15, -0.1) is 0 Å². The summed E-state index contributed by atoms with van der Waals surface area (Å²) in [6, 6.07) is 9.57. The van der Waals surface area contributed by atoms with E-state index in [0.717, 1.165) is 31.4 Å². The van der Waals surface area contributed by atoms with Crippen molar-refractivity contribution in [3.8, 4) is 0 Å². The van der Waals surface area contributed by atoms with Crippen LogP contribution in [0.15, 0.2) is 30.3 Å². The molecule has 8 heteroatoms. The minimum Gasteiger partial charge on any atom is -0.480 e. The Kier molecular flexibility index (Phi) is 7.01. The number of hydrogen-bond acceptors (Lipinski definition) is 4. The van der Waals surface area contributed by atoms with Crippen molar-refractivity contribution in [3.63, 3.8) is 0 Å². The van der Waals surface area contributed by atoms with Crippen LogP contribution in [0.25, 0.3) is 0 Å². The first-order valence-electron chi connectivity index (χ1n) is 11.1. The van der Waals surface area contributed by atoms with E-state index in [2.05, 4.69) is 20.8 Å². The summed E-state index contributed by atoms with van der Waals surface area (Å²) in [4.78, 5) is 36.1. The van der Waals surface area contributed by atoms with Crippen LogP contribution in [-0.4, -0.2) is 38.6 Å². The van der Waals surface area contributed by atoms with Crippen molar-refractivity contribution in [1.29, 1.82) is 0 Å². The van der Waals surface area contributed by atoms with Gasteiger partial charge in [0.2, 0.25) is 5.91 Å². The predicted octanol–water partition coefficient (Wildman–Crippen LogP) is 4.04. The van der Waals surface area contributed by atoms with Gasteiger partial charge in [-0.25, -0.2) is 4.79 Å². The van der Waals surface area contributed by atoms with Crippen LogP contribution in [0.1, 0.15) is 87.0 Å². The monoisotopic (exact) mass is 440 g/mol. The summed E-state index contributed by atoms with van der Waals surface area (Å²) in [5, 5.41) is 21.7. The Bertz CT molecular complexity index is 970. The molecule has 8 nitrogen and oxygen atoms in total.